The van der Waals surface area contributed by atoms with Crippen molar-refractivity contribution in [3.05, 3.63) is 35.7 Å². The van der Waals surface area contributed by atoms with Gasteiger partial charge in [-0.1, -0.05) is 0 Å². The second-order valence-electron chi connectivity index (χ2n) is 6.90. The lowest BCUT2D eigenvalue weighted by atomic mass is 10.2. The van der Waals surface area contributed by atoms with Gasteiger partial charge in [-0.05, 0) is 33.8 Å². The molecule has 2 aromatic heterocycles. The number of hydrogen-bond donors (Lipinski definition) is 1. The van der Waals surface area contributed by atoms with Gasteiger partial charge in [0, 0.05) is 19.3 Å². The summed E-state index contributed by atoms with van der Waals surface area (Å²) in [5.74, 6) is -0.334. The summed E-state index contributed by atoms with van der Waals surface area (Å²) in [6.07, 6.45) is 2.75. The number of pyridine rings is 1. The maximum Gasteiger partial charge on any atom is 0.343 e. The lowest BCUT2D eigenvalue weighted by molar-refractivity contribution is -0.0168. The molecule has 2 heterocycles. The molecule has 0 aliphatic rings. The van der Waals surface area contributed by atoms with E-state index in [1.165, 1.54) is 17.1 Å². The van der Waals surface area contributed by atoms with Gasteiger partial charge in [0.2, 0.25) is 5.88 Å². The van der Waals surface area contributed by atoms with E-state index in [4.69, 9.17) is 14.2 Å². The van der Waals surface area contributed by atoms with Crippen LogP contribution in [0.15, 0.2) is 24.5 Å². The molecule has 0 bridgehead atoms. The van der Waals surface area contributed by atoms with Crippen LogP contribution in [0.2, 0.25) is 0 Å². The summed E-state index contributed by atoms with van der Waals surface area (Å²) in [6.45, 7) is 8.62. The summed E-state index contributed by atoms with van der Waals surface area (Å²) in [7, 11) is 1.62. The van der Waals surface area contributed by atoms with Crippen LogP contribution in [0.1, 0.15) is 48.4 Å². The Bertz CT molecular complexity index is 809. The number of aryl methyl sites for hydroxylation is 1. The van der Waals surface area contributed by atoms with Crippen LogP contribution in [0.4, 0.5) is 5.82 Å². The van der Waals surface area contributed by atoms with Gasteiger partial charge in [-0.2, -0.15) is 5.10 Å². The van der Waals surface area contributed by atoms with E-state index in [9.17, 15) is 9.59 Å². The topological polar surface area (TPSA) is 105 Å². The molecule has 1 amide bonds. The van der Waals surface area contributed by atoms with Crippen molar-refractivity contribution < 1.29 is 23.8 Å². The van der Waals surface area contributed by atoms with Crippen molar-refractivity contribution in [3.63, 3.8) is 0 Å². The van der Waals surface area contributed by atoms with Crippen molar-refractivity contribution in [3.8, 4) is 5.88 Å². The lowest BCUT2D eigenvalue weighted by Crippen LogP contribution is -2.22. The Balaban J connectivity index is 1.97. The van der Waals surface area contributed by atoms with Crippen molar-refractivity contribution in [1.82, 2.24) is 14.8 Å². The van der Waals surface area contributed by atoms with Gasteiger partial charge in [0.05, 0.1) is 30.6 Å². The molecule has 0 aliphatic carbocycles. The second-order valence-corrected chi connectivity index (χ2v) is 6.90. The number of carbonyl (C=O) groups excluding carboxylic acids is 2. The van der Waals surface area contributed by atoms with Crippen LogP contribution in [-0.4, -0.2) is 52.1 Å². The third kappa shape index (κ3) is 6.05. The molecule has 0 spiro atoms. The Labute approximate surface area is 164 Å². The number of rotatable bonds is 8. The minimum Gasteiger partial charge on any atom is -0.475 e. The van der Waals surface area contributed by atoms with E-state index in [0.29, 0.717) is 24.7 Å². The van der Waals surface area contributed by atoms with E-state index < -0.39 is 11.9 Å². The summed E-state index contributed by atoms with van der Waals surface area (Å²) in [5, 5.41) is 6.66. The first kappa shape index (κ1) is 21.4. The zero-order chi connectivity index (χ0) is 20.7. The van der Waals surface area contributed by atoms with Crippen LogP contribution < -0.4 is 10.1 Å². The first-order valence-electron chi connectivity index (χ1n) is 8.94. The fourth-order valence-electron chi connectivity index (χ4n) is 2.22. The highest BCUT2D eigenvalue weighted by Gasteiger charge is 2.20. The van der Waals surface area contributed by atoms with Crippen molar-refractivity contribution in [2.45, 2.75) is 33.3 Å². The van der Waals surface area contributed by atoms with Gasteiger partial charge < -0.3 is 19.5 Å². The number of ether oxygens (including phenoxy) is 3. The molecule has 9 heteroatoms. The minimum atomic E-state index is -0.551. The van der Waals surface area contributed by atoms with Crippen LogP contribution in [0.5, 0.6) is 5.88 Å². The number of anilines is 1. The molecule has 0 atom stereocenters. The first-order valence-corrected chi connectivity index (χ1v) is 8.94. The maximum absolute atomic E-state index is 12.5. The molecule has 2 aromatic rings. The quantitative estimate of drug-likeness (QED) is 0.545. The van der Waals surface area contributed by atoms with Crippen LogP contribution in [0, 0.1) is 0 Å². The second kappa shape index (κ2) is 9.32. The molecule has 2 rings (SSSR count). The van der Waals surface area contributed by atoms with E-state index in [2.05, 4.69) is 15.4 Å². The van der Waals surface area contributed by atoms with Gasteiger partial charge in [0.1, 0.15) is 18.0 Å². The summed E-state index contributed by atoms with van der Waals surface area (Å²) < 4.78 is 17.4. The zero-order valence-corrected chi connectivity index (χ0v) is 16.8. The molecular formula is C19H26N4O5. The van der Waals surface area contributed by atoms with Crippen molar-refractivity contribution in [2.24, 2.45) is 7.05 Å². The number of esters is 1. The van der Waals surface area contributed by atoms with Gasteiger partial charge in [0.15, 0.2) is 0 Å². The van der Waals surface area contributed by atoms with E-state index in [1.54, 1.807) is 26.1 Å². The van der Waals surface area contributed by atoms with Crippen LogP contribution in [0.3, 0.4) is 0 Å². The van der Waals surface area contributed by atoms with Crippen LogP contribution in [0.25, 0.3) is 0 Å². The number of nitrogens with zero attached hydrogens (tertiary/aromatic N) is 3. The summed E-state index contributed by atoms with van der Waals surface area (Å²) in [6, 6.07) is 3.18. The molecule has 0 saturated heterocycles. The largest absolute Gasteiger partial charge is 0.475 e. The van der Waals surface area contributed by atoms with Crippen LogP contribution in [-0.2, 0) is 16.5 Å². The van der Waals surface area contributed by atoms with E-state index in [1.807, 2.05) is 20.8 Å². The maximum atomic E-state index is 12.5. The number of aromatic nitrogens is 3. The average Bonchev–Trinajstić information content (AvgIpc) is 2.99. The molecule has 0 aromatic carbocycles. The first-order chi connectivity index (χ1) is 13.2. The molecule has 0 unspecified atom stereocenters. The molecule has 0 radical (unpaired) electrons. The van der Waals surface area contributed by atoms with Gasteiger partial charge >= 0.3 is 5.97 Å². The predicted octanol–water partition coefficient (Wildman–Crippen LogP) is 2.44. The fourth-order valence-corrected chi connectivity index (χ4v) is 2.22. The zero-order valence-electron chi connectivity index (χ0n) is 16.8. The van der Waals surface area contributed by atoms with E-state index >= 15 is 0 Å². The molecular weight excluding hydrogens is 364 g/mol. The highest BCUT2D eigenvalue weighted by atomic mass is 16.5. The SMILES string of the molecule is CCOC(=O)c1cnn(C)c1NC(=O)c1ccc(OCCOC(C)(C)C)nc1. The van der Waals surface area contributed by atoms with Gasteiger partial charge in [0.25, 0.3) is 5.91 Å². The summed E-state index contributed by atoms with van der Waals surface area (Å²) >= 11 is 0. The van der Waals surface area contributed by atoms with Crippen molar-refractivity contribution in [2.75, 3.05) is 25.1 Å². The number of amides is 1. The normalized spacial score (nSPS) is 11.2. The molecule has 0 aliphatic heterocycles. The molecule has 1 N–H and O–H groups in total. The lowest BCUT2D eigenvalue weighted by Gasteiger charge is -2.19. The molecule has 0 saturated carbocycles. The number of hydrogen-bond acceptors (Lipinski definition) is 7. The predicted molar refractivity (Wildman–Crippen MR) is 103 cm³/mol. The molecule has 0 fully saturated rings. The average molecular weight is 390 g/mol. The Morgan fingerprint density at radius 2 is 1.93 bits per heavy atom. The third-order valence-corrected chi connectivity index (χ3v) is 3.53. The minimum absolute atomic E-state index is 0.185. The highest BCUT2D eigenvalue weighted by molar-refractivity contribution is 6.07. The Kier molecular flexibility index (Phi) is 7.11. The van der Waals surface area contributed by atoms with Gasteiger partial charge in [-0.25, -0.2) is 9.78 Å². The van der Waals surface area contributed by atoms with E-state index in [0.717, 1.165) is 0 Å². The molecule has 152 valence electrons. The Hall–Kier alpha value is -2.94. The number of carbonyl (C=O) groups is 2. The highest BCUT2D eigenvalue weighted by Crippen LogP contribution is 2.17. The summed E-state index contributed by atoms with van der Waals surface area (Å²) in [5.41, 5.74) is 0.270. The van der Waals surface area contributed by atoms with Gasteiger partial charge in [-0.15, -0.1) is 0 Å². The van der Waals surface area contributed by atoms with Crippen LogP contribution >= 0.6 is 0 Å². The monoisotopic (exact) mass is 390 g/mol. The Morgan fingerprint density at radius 3 is 2.54 bits per heavy atom. The number of nitrogens with one attached hydrogen (secondary N) is 1. The molecule has 28 heavy (non-hydrogen) atoms. The third-order valence-electron chi connectivity index (χ3n) is 3.53. The van der Waals surface area contributed by atoms with Crippen molar-refractivity contribution in [1.29, 1.82) is 0 Å². The van der Waals surface area contributed by atoms with E-state index in [-0.39, 0.29) is 23.6 Å². The standard InChI is InChI=1S/C19H26N4O5/c1-6-26-18(25)14-12-21-23(5)16(14)22-17(24)13-7-8-15(20-11-13)27-9-10-28-19(2,3)4/h7-8,11-12H,6,9-10H2,1-5H3,(H,22,24). The van der Waals surface area contributed by atoms with Crippen molar-refractivity contribution >= 4 is 17.7 Å². The molecule has 9 nitrogen and oxygen atoms in total. The smallest absolute Gasteiger partial charge is 0.343 e. The van der Waals surface area contributed by atoms with Gasteiger partial charge in [-0.3, -0.25) is 9.48 Å². The summed E-state index contributed by atoms with van der Waals surface area (Å²) in [4.78, 5) is 28.6. The fraction of sp³-hybridized carbons (Fsp3) is 0.474. The Morgan fingerprint density at radius 1 is 1.18 bits per heavy atom.